The van der Waals surface area contributed by atoms with E-state index in [0.717, 1.165) is 27.2 Å². The number of likely N-dealkylation sites (tertiary alicyclic amines) is 1. The fourth-order valence-electron chi connectivity index (χ4n) is 5.27. The average molecular weight is 470 g/mol. The molecule has 0 aromatic heterocycles. The molecule has 5 rings (SSSR count). The predicted molar refractivity (Wildman–Crippen MR) is 117 cm³/mol. The fourth-order valence-corrected chi connectivity index (χ4v) is 5.27. The number of benzene rings is 2. The number of carbonyl (C=O) groups is 3. The molecule has 1 unspecified atom stereocenters. The summed E-state index contributed by atoms with van der Waals surface area (Å²) in [5.41, 5.74) is 3.49. The highest BCUT2D eigenvalue weighted by Crippen LogP contribution is 2.56. The highest BCUT2D eigenvalue weighted by atomic mass is 19.3. The number of rotatable bonds is 6. The molecule has 2 fully saturated rings. The normalized spacial score (nSPS) is 20.1. The minimum absolute atomic E-state index is 0.00331. The van der Waals surface area contributed by atoms with Gasteiger partial charge in [0.05, 0.1) is 12.5 Å². The zero-order valence-electron chi connectivity index (χ0n) is 18.3. The Bertz CT molecular complexity index is 1120. The number of carboxylic acids is 1. The molecule has 7 nitrogen and oxygen atoms in total. The second-order valence-corrected chi connectivity index (χ2v) is 9.32. The Hall–Kier alpha value is -3.49. The third-order valence-corrected chi connectivity index (χ3v) is 7.24. The van der Waals surface area contributed by atoms with Crippen LogP contribution in [0.4, 0.5) is 13.6 Å². The molecule has 1 saturated heterocycles. The van der Waals surface area contributed by atoms with Crippen LogP contribution in [-0.2, 0) is 14.3 Å². The summed E-state index contributed by atoms with van der Waals surface area (Å²) in [7, 11) is 0. The third kappa shape index (κ3) is 3.78. The maximum absolute atomic E-state index is 14.6. The molecule has 9 heteroatoms. The van der Waals surface area contributed by atoms with Gasteiger partial charge >= 0.3 is 18.0 Å². The first-order valence-corrected chi connectivity index (χ1v) is 11.2. The Morgan fingerprint density at radius 3 is 2.18 bits per heavy atom. The van der Waals surface area contributed by atoms with Crippen LogP contribution in [0.2, 0.25) is 0 Å². The van der Waals surface area contributed by atoms with Crippen LogP contribution < -0.4 is 5.32 Å². The molecule has 2 aromatic rings. The minimum atomic E-state index is -3.87. The number of carbonyl (C=O) groups excluding carboxylic acids is 2. The number of hydrogen-bond acceptors (Lipinski definition) is 4. The van der Waals surface area contributed by atoms with Gasteiger partial charge in [-0.2, -0.15) is 8.78 Å². The number of hydrogen-bond donors (Lipinski definition) is 2. The van der Waals surface area contributed by atoms with Crippen LogP contribution in [0, 0.1) is 11.3 Å². The lowest BCUT2D eigenvalue weighted by atomic mass is 9.93. The van der Waals surface area contributed by atoms with E-state index in [2.05, 4.69) is 0 Å². The minimum Gasteiger partial charge on any atom is -0.481 e. The highest BCUT2D eigenvalue weighted by Gasteiger charge is 2.60. The van der Waals surface area contributed by atoms with Crippen molar-refractivity contribution in [3.63, 3.8) is 0 Å². The number of alkyl halides is 2. The van der Waals surface area contributed by atoms with E-state index in [0.29, 0.717) is 12.8 Å². The average Bonchev–Trinajstić information content (AvgIpc) is 3.38. The molecule has 2 aromatic carbocycles. The largest absolute Gasteiger partial charge is 0.481 e. The molecule has 2 N–H and O–H groups in total. The molecule has 34 heavy (non-hydrogen) atoms. The van der Waals surface area contributed by atoms with Gasteiger partial charge in [0.15, 0.2) is 0 Å². The lowest BCUT2D eigenvalue weighted by Crippen LogP contribution is -2.49. The topological polar surface area (TPSA) is 95.9 Å². The SMILES string of the molecule is O=C(NCC(F)(F)C(=O)N1CC(C(=O)O)C2(CC2)C1)OCC1c2ccccc2-c2ccccc21. The van der Waals surface area contributed by atoms with Crippen molar-refractivity contribution in [2.45, 2.75) is 24.7 Å². The number of fused-ring (bicyclic) bond motifs is 3. The number of alkyl carbamates (subject to hydrolysis) is 1. The number of nitrogens with zero attached hydrogens (tertiary/aromatic N) is 1. The standard InChI is InChI=1S/C25H24F2N2O5/c26-25(27,22(32)29-11-20(21(30)31)24(14-29)9-10-24)13-28-23(33)34-12-19-17-7-3-1-5-15(17)16-6-2-4-8-18(16)19/h1-8,19-20H,9-14H2,(H,28,33)(H,30,31). The first-order chi connectivity index (χ1) is 16.2. The molecule has 1 heterocycles. The molecule has 2 amide bonds. The van der Waals surface area contributed by atoms with Gasteiger partial charge in [-0.25, -0.2) is 4.79 Å². The second-order valence-electron chi connectivity index (χ2n) is 9.32. The molecule has 1 atom stereocenters. The van der Waals surface area contributed by atoms with E-state index in [9.17, 15) is 28.3 Å². The summed E-state index contributed by atoms with van der Waals surface area (Å²) in [6, 6.07) is 15.5. The van der Waals surface area contributed by atoms with Gasteiger partial charge < -0.3 is 20.1 Å². The van der Waals surface area contributed by atoms with Crippen molar-refractivity contribution in [2.75, 3.05) is 26.2 Å². The van der Waals surface area contributed by atoms with Crippen LogP contribution in [0.1, 0.15) is 29.9 Å². The van der Waals surface area contributed by atoms with E-state index in [1.807, 2.05) is 53.8 Å². The van der Waals surface area contributed by atoms with Gasteiger partial charge in [-0.1, -0.05) is 48.5 Å². The maximum Gasteiger partial charge on any atom is 0.407 e. The van der Waals surface area contributed by atoms with Crippen LogP contribution in [0.15, 0.2) is 48.5 Å². The van der Waals surface area contributed by atoms with E-state index < -0.39 is 41.8 Å². The highest BCUT2D eigenvalue weighted by molar-refractivity contribution is 5.86. The van der Waals surface area contributed by atoms with Crippen LogP contribution in [0.25, 0.3) is 11.1 Å². The van der Waals surface area contributed by atoms with Crippen LogP contribution in [0.5, 0.6) is 0 Å². The van der Waals surface area contributed by atoms with Crippen molar-refractivity contribution in [3.8, 4) is 11.1 Å². The molecule has 3 aliphatic rings. The summed E-state index contributed by atoms with van der Waals surface area (Å²) in [4.78, 5) is 36.9. The Balaban J connectivity index is 1.18. The molecular formula is C25H24F2N2O5. The van der Waals surface area contributed by atoms with Gasteiger partial charge in [0.25, 0.3) is 5.91 Å². The van der Waals surface area contributed by atoms with E-state index in [1.165, 1.54) is 0 Å². The van der Waals surface area contributed by atoms with Crippen molar-refractivity contribution < 1.29 is 33.0 Å². The van der Waals surface area contributed by atoms with Gasteiger partial charge in [-0.3, -0.25) is 9.59 Å². The summed E-state index contributed by atoms with van der Waals surface area (Å²) < 4.78 is 34.4. The van der Waals surface area contributed by atoms with Crippen LogP contribution in [-0.4, -0.2) is 60.1 Å². The van der Waals surface area contributed by atoms with E-state index >= 15 is 0 Å². The number of aliphatic carboxylic acids is 1. The predicted octanol–water partition coefficient (Wildman–Crippen LogP) is 3.48. The fraction of sp³-hybridized carbons (Fsp3) is 0.400. The molecule has 1 spiro atoms. The Morgan fingerprint density at radius 1 is 1.06 bits per heavy atom. The van der Waals surface area contributed by atoms with E-state index in [1.54, 1.807) is 0 Å². The third-order valence-electron chi connectivity index (χ3n) is 7.24. The van der Waals surface area contributed by atoms with Gasteiger partial charge in [-0.05, 0) is 35.1 Å². The Kier molecular flexibility index (Phi) is 5.30. The van der Waals surface area contributed by atoms with E-state index in [4.69, 9.17) is 4.74 Å². The van der Waals surface area contributed by atoms with Crippen molar-refractivity contribution >= 4 is 18.0 Å². The first kappa shape index (κ1) is 22.3. The second kappa shape index (κ2) is 8.07. The van der Waals surface area contributed by atoms with Gasteiger partial charge in [0.2, 0.25) is 0 Å². The molecule has 1 saturated carbocycles. The van der Waals surface area contributed by atoms with E-state index in [-0.39, 0.29) is 25.6 Å². The number of carboxylic acid groups (broad SMARTS) is 1. The first-order valence-electron chi connectivity index (χ1n) is 11.2. The summed E-state index contributed by atoms with van der Waals surface area (Å²) >= 11 is 0. The molecular weight excluding hydrogens is 446 g/mol. The molecule has 2 aliphatic carbocycles. The van der Waals surface area contributed by atoms with Gasteiger partial charge in [0.1, 0.15) is 6.61 Å². The Labute approximate surface area is 194 Å². The molecule has 1 aliphatic heterocycles. The summed E-state index contributed by atoms with van der Waals surface area (Å²) in [6.07, 6.45) is 0.173. The van der Waals surface area contributed by atoms with Gasteiger partial charge in [-0.15, -0.1) is 0 Å². The van der Waals surface area contributed by atoms with Gasteiger partial charge in [0, 0.05) is 24.4 Å². The summed E-state index contributed by atoms with van der Waals surface area (Å²) in [5, 5.41) is 11.3. The number of halogens is 2. The van der Waals surface area contributed by atoms with Crippen LogP contribution in [0.3, 0.4) is 0 Å². The van der Waals surface area contributed by atoms with Crippen molar-refractivity contribution in [3.05, 3.63) is 59.7 Å². The number of amides is 2. The zero-order valence-corrected chi connectivity index (χ0v) is 18.3. The van der Waals surface area contributed by atoms with Crippen molar-refractivity contribution in [2.24, 2.45) is 11.3 Å². The van der Waals surface area contributed by atoms with Crippen LogP contribution >= 0.6 is 0 Å². The molecule has 0 radical (unpaired) electrons. The smallest absolute Gasteiger partial charge is 0.407 e. The molecule has 178 valence electrons. The Morgan fingerprint density at radius 2 is 1.65 bits per heavy atom. The number of ether oxygens (including phenoxy) is 1. The summed E-state index contributed by atoms with van der Waals surface area (Å²) in [5.74, 6) is -7.46. The van der Waals surface area contributed by atoms with Crippen molar-refractivity contribution in [1.82, 2.24) is 10.2 Å². The lowest BCUT2D eigenvalue weighted by molar-refractivity contribution is -0.156. The quantitative estimate of drug-likeness (QED) is 0.674. The monoisotopic (exact) mass is 470 g/mol. The lowest BCUT2D eigenvalue weighted by Gasteiger charge is -2.23. The summed E-state index contributed by atoms with van der Waals surface area (Å²) in [6.45, 7) is -1.49. The zero-order chi connectivity index (χ0) is 24.1. The maximum atomic E-state index is 14.6. The van der Waals surface area contributed by atoms with Crippen molar-refractivity contribution in [1.29, 1.82) is 0 Å². The molecule has 0 bridgehead atoms. The number of nitrogens with one attached hydrogen (secondary N) is 1.